The molecule has 2 amide bonds. The van der Waals surface area contributed by atoms with Crippen molar-refractivity contribution in [3.8, 4) is 11.5 Å². The Labute approximate surface area is 147 Å². The van der Waals surface area contributed by atoms with Crippen LogP contribution in [0.2, 0.25) is 0 Å². The molecule has 2 aromatic carbocycles. The molecule has 0 atom stereocenters. The summed E-state index contributed by atoms with van der Waals surface area (Å²) in [6.45, 7) is 1.74. The Morgan fingerprint density at radius 2 is 1.64 bits per heavy atom. The molecule has 0 saturated carbocycles. The Hall–Kier alpha value is -3.02. The van der Waals surface area contributed by atoms with E-state index in [1.54, 1.807) is 32.4 Å². The third-order valence-electron chi connectivity index (χ3n) is 3.62. The first-order valence-corrected chi connectivity index (χ1v) is 7.86. The van der Waals surface area contributed by atoms with Gasteiger partial charge in [0.05, 0.1) is 20.6 Å². The van der Waals surface area contributed by atoms with Gasteiger partial charge in [0.2, 0.25) is 11.8 Å². The maximum atomic E-state index is 12.2. The first-order valence-electron chi connectivity index (χ1n) is 7.86. The molecule has 6 heteroatoms. The van der Waals surface area contributed by atoms with Gasteiger partial charge in [-0.2, -0.15) is 0 Å². The van der Waals surface area contributed by atoms with Crippen molar-refractivity contribution >= 4 is 17.5 Å². The minimum atomic E-state index is -0.156. The molecule has 0 aromatic heterocycles. The molecule has 0 unspecified atom stereocenters. The summed E-state index contributed by atoms with van der Waals surface area (Å²) in [7, 11) is 3.14. The molecule has 0 aliphatic carbocycles. The molecule has 0 aliphatic heterocycles. The summed E-state index contributed by atoms with van der Waals surface area (Å²) in [5.74, 6) is 1.04. The quantitative estimate of drug-likeness (QED) is 0.811. The van der Waals surface area contributed by atoms with Crippen molar-refractivity contribution in [3.05, 3.63) is 53.6 Å². The van der Waals surface area contributed by atoms with Gasteiger partial charge >= 0.3 is 0 Å². The lowest BCUT2D eigenvalue weighted by Gasteiger charge is -2.13. The van der Waals surface area contributed by atoms with Crippen LogP contribution in [-0.4, -0.2) is 26.0 Å². The lowest BCUT2D eigenvalue weighted by atomic mass is 10.1. The van der Waals surface area contributed by atoms with Crippen molar-refractivity contribution in [2.75, 3.05) is 19.5 Å². The summed E-state index contributed by atoms with van der Waals surface area (Å²) < 4.78 is 10.6. The van der Waals surface area contributed by atoms with E-state index in [9.17, 15) is 9.59 Å². The standard InChI is InChI=1S/C19H22N2O4/c1-13(22)21-16-8-9-18(25-3)15(10-16)12-20-19(23)11-14-6-4-5-7-17(14)24-2/h4-10H,11-12H2,1-3H3,(H,20,23)(H,21,22). The van der Waals surface area contributed by atoms with E-state index in [4.69, 9.17) is 9.47 Å². The minimum absolute atomic E-state index is 0.128. The molecule has 2 aromatic rings. The SMILES string of the molecule is COc1ccc(NC(C)=O)cc1CNC(=O)Cc1ccccc1OC. The highest BCUT2D eigenvalue weighted by atomic mass is 16.5. The van der Waals surface area contributed by atoms with E-state index in [1.807, 2.05) is 24.3 Å². The van der Waals surface area contributed by atoms with Gasteiger partial charge in [-0.3, -0.25) is 9.59 Å². The fraction of sp³-hybridized carbons (Fsp3) is 0.263. The number of benzene rings is 2. The maximum Gasteiger partial charge on any atom is 0.224 e. The first kappa shape index (κ1) is 18.3. The van der Waals surface area contributed by atoms with Crippen LogP contribution in [0.4, 0.5) is 5.69 Å². The zero-order valence-electron chi connectivity index (χ0n) is 14.6. The fourth-order valence-corrected chi connectivity index (χ4v) is 2.48. The van der Waals surface area contributed by atoms with Crippen molar-refractivity contribution < 1.29 is 19.1 Å². The number of para-hydroxylation sites is 1. The molecule has 0 heterocycles. The van der Waals surface area contributed by atoms with Crippen LogP contribution in [0.1, 0.15) is 18.1 Å². The highest BCUT2D eigenvalue weighted by Crippen LogP contribution is 2.23. The van der Waals surface area contributed by atoms with Gasteiger partial charge in [0.1, 0.15) is 11.5 Å². The Kier molecular flexibility index (Phi) is 6.39. The molecule has 2 N–H and O–H groups in total. The molecule has 132 valence electrons. The van der Waals surface area contributed by atoms with Gasteiger partial charge in [0.15, 0.2) is 0 Å². The molecule has 0 spiro atoms. The fourth-order valence-electron chi connectivity index (χ4n) is 2.48. The number of methoxy groups -OCH3 is 2. The van der Waals surface area contributed by atoms with Crippen LogP contribution >= 0.6 is 0 Å². The number of anilines is 1. The van der Waals surface area contributed by atoms with E-state index >= 15 is 0 Å². The highest BCUT2D eigenvalue weighted by Gasteiger charge is 2.10. The zero-order chi connectivity index (χ0) is 18.2. The van der Waals surface area contributed by atoms with Gasteiger partial charge in [0, 0.05) is 30.3 Å². The summed E-state index contributed by atoms with van der Waals surface area (Å²) in [5.41, 5.74) is 2.26. The van der Waals surface area contributed by atoms with Crippen LogP contribution in [0.3, 0.4) is 0 Å². The van der Waals surface area contributed by atoms with Gasteiger partial charge in [-0.05, 0) is 24.3 Å². The second-order valence-electron chi connectivity index (χ2n) is 5.47. The molecule has 0 aliphatic rings. The summed E-state index contributed by atoms with van der Waals surface area (Å²) in [4.78, 5) is 23.4. The van der Waals surface area contributed by atoms with Gasteiger partial charge < -0.3 is 20.1 Å². The van der Waals surface area contributed by atoms with Crippen LogP contribution in [0.15, 0.2) is 42.5 Å². The maximum absolute atomic E-state index is 12.2. The van der Waals surface area contributed by atoms with Crippen LogP contribution in [0.5, 0.6) is 11.5 Å². The second kappa shape index (κ2) is 8.73. The van der Waals surface area contributed by atoms with Crippen LogP contribution in [-0.2, 0) is 22.6 Å². The van der Waals surface area contributed by atoms with Gasteiger partial charge in [-0.1, -0.05) is 18.2 Å². The zero-order valence-corrected chi connectivity index (χ0v) is 14.6. The number of carbonyl (C=O) groups excluding carboxylic acids is 2. The molecule has 0 saturated heterocycles. The molecule has 2 rings (SSSR count). The van der Waals surface area contributed by atoms with Crippen LogP contribution < -0.4 is 20.1 Å². The average Bonchev–Trinajstić information content (AvgIpc) is 2.60. The Bertz CT molecular complexity index is 759. The number of hydrogen-bond acceptors (Lipinski definition) is 4. The molecule has 6 nitrogen and oxygen atoms in total. The number of ether oxygens (including phenoxy) is 2. The summed E-state index contributed by atoms with van der Waals surface area (Å²) in [5, 5.41) is 5.58. The first-order chi connectivity index (χ1) is 12.0. The predicted molar refractivity (Wildman–Crippen MR) is 95.8 cm³/mol. The Morgan fingerprint density at radius 1 is 0.960 bits per heavy atom. The molecule has 0 bridgehead atoms. The molecular formula is C19H22N2O4. The largest absolute Gasteiger partial charge is 0.496 e. The van der Waals surface area contributed by atoms with Crippen molar-refractivity contribution in [2.45, 2.75) is 19.9 Å². The number of amides is 2. The minimum Gasteiger partial charge on any atom is -0.496 e. The molecule has 0 fully saturated rings. The van der Waals surface area contributed by atoms with Crippen LogP contribution in [0.25, 0.3) is 0 Å². The summed E-state index contributed by atoms with van der Waals surface area (Å²) in [6, 6.07) is 12.7. The summed E-state index contributed by atoms with van der Waals surface area (Å²) in [6.07, 6.45) is 0.220. The number of hydrogen-bond donors (Lipinski definition) is 2. The third kappa shape index (κ3) is 5.24. The average molecular weight is 342 g/mol. The van der Waals surface area contributed by atoms with E-state index in [2.05, 4.69) is 10.6 Å². The van der Waals surface area contributed by atoms with E-state index in [0.29, 0.717) is 23.7 Å². The second-order valence-corrected chi connectivity index (χ2v) is 5.47. The number of rotatable bonds is 7. The smallest absolute Gasteiger partial charge is 0.224 e. The molecule has 25 heavy (non-hydrogen) atoms. The highest BCUT2D eigenvalue weighted by molar-refractivity contribution is 5.88. The van der Waals surface area contributed by atoms with E-state index < -0.39 is 0 Å². The van der Waals surface area contributed by atoms with Crippen molar-refractivity contribution in [2.24, 2.45) is 0 Å². The van der Waals surface area contributed by atoms with Crippen LogP contribution in [0, 0.1) is 0 Å². The Morgan fingerprint density at radius 3 is 2.32 bits per heavy atom. The van der Waals surface area contributed by atoms with Crippen molar-refractivity contribution in [1.82, 2.24) is 5.32 Å². The lowest BCUT2D eigenvalue weighted by Crippen LogP contribution is -2.25. The monoisotopic (exact) mass is 342 g/mol. The lowest BCUT2D eigenvalue weighted by molar-refractivity contribution is -0.120. The number of carbonyl (C=O) groups is 2. The van der Waals surface area contributed by atoms with Crippen molar-refractivity contribution in [1.29, 1.82) is 0 Å². The van der Waals surface area contributed by atoms with E-state index in [1.165, 1.54) is 6.92 Å². The predicted octanol–water partition coefficient (Wildman–Crippen LogP) is 2.52. The van der Waals surface area contributed by atoms with E-state index in [-0.39, 0.29) is 18.2 Å². The normalized spacial score (nSPS) is 10.0. The van der Waals surface area contributed by atoms with Gasteiger partial charge in [-0.15, -0.1) is 0 Å². The van der Waals surface area contributed by atoms with Gasteiger partial charge in [-0.25, -0.2) is 0 Å². The topological polar surface area (TPSA) is 76.7 Å². The summed E-state index contributed by atoms with van der Waals surface area (Å²) >= 11 is 0. The molecule has 0 radical (unpaired) electrons. The van der Waals surface area contributed by atoms with E-state index in [0.717, 1.165) is 11.1 Å². The Balaban J connectivity index is 2.04. The molecular weight excluding hydrogens is 320 g/mol. The van der Waals surface area contributed by atoms with Gasteiger partial charge in [0.25, 0.3) is 0 Å². The number of nitrogens with one attached hydrogen (secondary N) is 2. The third-order valence-corrected chi connectivity index (χ3v) is 3.62. The van der Waals surface area contributed by atoms with Crippen molar-refractivity contribution in [3.63, 3.8) is 0 Å².